The summed E-state index contributed by atoms with van der Waals surface area (Å²) in [5.74, 6) is 0.330. The number of nitrogens with one attached hydrogen (secondary N) is 2. The summed E-state index contributed by atoms with van der Waals surface area (Å²) < 4.78 is 0. The Labute approximate surface area is 118 Å². The zero-order valence-corrected chi connectivity index (χ0v) is 12.3. The van der Waals surface area contributed by atoms with Crippen molar-refractivity contribution in [3.8, 4) is 0 Å². The Bertz CT molecular complexity index is 567. The van der Waals surface area contributed by atoms with Gasteiger partial charge in [-0.25, -0.2) is 14.8 Å². The van der Waals surface area contributed by atoms with E-state index >= 15 is 0 Å². The molecule has 0 bridgehead atoms. The fourth-order valence-electron chi connectivity index (χ4n) is 2.52. The zero-order chi connectivity index (χ0) is 14.9. The van der Waals surface area contributed by atoms with Gasteiger partial charge in [-0.05, 0) is 25.7 Å². The van der Waals surface area contributed by atoms with E-state index in [1.165, 1.54) is 0 Å². The maximum Gasteiger partial charge on any atom is 0.321 e. The molecule has 0 aliphatic heterocycles. The SMILES string of the molecule is CCNC(=O)Nc1nc(C)c2c(n1)CC(C)(C)CC2=O. The average molecular weight is 276 g/mol. The van der Waals surface area contributed by atoms with E-state index in [2.05, 4.69) is 20.6 Å². The molecule has 1 aromatic heterocycles. The smallest absolute Gasteiger partial charge is 0.321 e. The lowest BCUT2D eigenvalue weighted by Gasteiger charge is -2.30. The van der Waals surface area contributed by atoms with E-state index in [0.717, 1.165) is 5.69 Å². The highest BCUT2D eigenvalue weighted by Gasteiger charge is 2.33. The maximum atomic E-state index is 12.2. The van der Waals surface area contributed by atoms with Crippen LogP contribution in [0.3, 0.4) is 0 Å². The number of carbonyl (C=O) groups excluding carboxylic acids is 2. The van der Waals surface area contributed by atoms with Crippen molar-refractivity contribution in [2.24, 2.45) is 5.41 Å². The number of anilines is 1. The normalized spacial score (nSPS) is 16.5. The number of urea groups is 1. The van der Waals surface area contributed by atoms with Crippen molar-refractivity contribution in [1.82, 2.24) is 15.3 Å². The lowest BCUT2D eigenvalue weighted by Crippen LogP contribution is -2.32. The van der Waals surface area contributed by atoms with Gasteiger partial charge in [-0.1, -0.05) is 13.8 Å². The molecule has 1 heterocycles. The summed E-state index contributed by atoms with van der Waals surface area (Å²) in [5.41, 5.74) is 1.87. The fourth-order valence-corrected chi connectivity index (χ4v) is 2.52. The third-order valence-corrected chi connectivity index (χ3v) is 3.29. The topological polar surface area (TPSA) is 84.0 Å². The van der Waals surface area contributed by atoms with E-state index in [4.69, 9.17) is 0 Å². The highest BCUT2D eigenvalue weighted by molar-refractivity contribution is 5.99. The first-order chi connectivity index (χ1) is 9.32. The number of Topliss-reactive ketones (excluding diaryl/α,β-unsaturated/α-hetero) is 1. The van der Waals surface area contributed by atoms with Gasteiger partial charge in [-0.2, -0.15) is 0 Å². The fraction of sp³-hybridized carbons (Fsp3) is 0.571. The summed E-state index contributed by atoms with van der Waals surface area (Å²) in [6.45, 7) is 8.23. The first kappa shape index (κ1) is 14.4. The minimum Gasteiger partial charge on any atom is -0.338 e. The minimum atomic E-state index is -0.340. The molecule has 6 heteroatoms. The van der Waals surface area contributed by atoms with Crippen LogP contribution in [-0.2, 0) is 6.42 Å². The van der Waals surface area contributed by atoms with Gasteiger partial charge in [0.1, 0.15) is 0 Å². The molecule has 0 radical (unpaired) electrons. The Morgan fingerprint density at radius 2 is 2.00 bits per heavy atom. The third kappa shape index (κ3) is 2.95. The number of aromatic nitrogens is 2. The van der Waals surface area contributed by atoms with Crippen molar-refractivity contribution in [3.63, 3.8) is 0 Å². The number of ketones is 1. The van der Waals surface area contributed by atoms with E-state index in [1.54, 1.807) is 6.92 Å². The molecule has 6 nitrogen and oxygen atoms in total. The quantitative estimate of drug-likeness (QED) is 0.866. The summed E-state index contributed by atoms with van der Waals surface area (Å²) in [6, 6.07) is -0.340. The van der Waals surface area contributed by atoms with Crippen LogP contribution in [0.1, 0.15) is 48.9 Å². The molecule has 0 saturated heterocycles. The Morgan fingerprint density at radius 1 is 1.30 bits per heavy atom. The van der Waals surface area contributed by atoms with Gasteiger partial charge in [0.25, 0.3) is 0 Å². The molecule has 2 rings (SSSR count). The van der Waals surface area contributed by atoms with Crippen LogP contribution < -0.4 is 10.6 Å². The molecule has 1 aliphatic rings. The summed E-state index contributed by atoms with van der Waals surface area (Å²) in [7, 11) is 0. The molecule has 108 valence electrons. The van der Waals surface area contributed by atoms with Crippen LogP contribution in [0, 0.1) is 12.3 Å². The molecule has 20 heavy (non-hydrogen) atoms. The lowest BCUT2D eigenvalue weighted by molar-refractivity contribution is 0.0909. The van der Waals surface area contributed by atoms with Crippen LogP contribution in [0.4, 0.5) is 10.7 Å². The zero-order valence-electron chi connectivity index (χ0n) is 12.3. The maximum absolute atomic E-state index is 12.2. The second-order valence-corrected chi connectivity index (χ2v) is 5.88. The van der Waals surface area contributed by atoms with Gasteiger partial charge in [0.15, 0.2) is 5.78 Å². The molecule has 0 saturated carbocycles. The molecule has 2 N–H and O–H groups in total. The van der Waals surface area contributed by atoms with Gasteiger partial charge >= 0.3 is 6.03 Å². The lowest BCUT2D eigenvalue weighted by atomic mass is 9.75. The first-order valence-corrected chi connectivity index (χ1v) is 6.78. The predicted octanol–water partition coefficient (Wildman–Crippen LogP) is 2.08. The standard InChI is InChI=1S/C14H20N4O2/c1-5-15-13(20)18-12-16-8(2)11-9(17-12)6-14(3,4)7-10(11)19/h5-7H2,1-4H3,(H2,15,16,17,18,20). The van der Waals surface area contributed by atoms with Crippen LogP contribution in [0.25, 0.3) is 0 Å². The van der Waals surface area contributed by atoms with E-state index in [1.807, 2.05) is 20.8 Å². The van der Waals surface area contributed by atoms with Crippen molar-refractivity contribution < 1.29 is 9.59 Å². The molecule has 0 atom stereocenters. The van der Waals surface area contributed by atoms with E-state index in [-0.39, 0.29) is 23.2 Å². The monoisotopic (exact) mass is 276 g/mol. The molecule has 0 aromatic carbocycles. The molecule has 0 fully saturated rings. The van der Waals surface area contributed by atoms with Crippen molar-refractivity contribution >= 4 is 17.8 Å². The number of carbonyl (C=O) groups is 2. The van der Waals surface area contributed by atoms with Crippen LogP contribution in [0.15, 0.2) is 0 Å². The Balaban J connectivity index is 2.34. The minimum absolute atomic E-state index is 0.0818. The molecule has 1 aromatic rings. The highest BCUT2D eigenvalue weighted by Crippen LogP contribution is 2.34. The van der Waals surface area contributed by atoms with Crippen molar-refractivity contribution in [1.29, 1.82) is 0 Å². The predicted molar refractivity (Wildman–Crippen MR) is 75.9 cm³/mol. The van der Waals surface area contributed by atoms with Crippen molar-refractivity contribution in [3.05, 3.63) is 17.0 Å². The second-order valence-electron chi connectivity index (χ2n) is 5.88. The van der Waals surface area contributed by atoms with Gasteiger partial charge in [-0.3, -0.25) is 10.1 Å². The van der Waals surface area contributed by atoms with Crippen LogP contribution in [-0.4, -0.2) is 28.3 Å². The van der Waals surface area contributed by atoms with Gasteiger partial charge < -0.3 is 5.32 Å². The molecule has 0 unspecified atom stereocenters. The van der Waals surface area contributed by atoms with Gasteiger partial charge in [0, 0.05) is 13.0 Å². The second kappa shape index (κ2) is 5.19. The first-order valence-electron chi connectivity index (χ1n) is 6.78. The Morgan fingerprint density at radius 3 is 2.65 bits per heavy atom. The molecule has 1 aliphatic carbocycles. The number of nitrogens with zero attached hydrogens (tertiary/aromatic N) is 2. The summed E-state index contributed by atoms with van der Waals surface area (Å²) in [5, 5.41) is 5.21. The van der Waals surface area contributed by atoms with Gasteiger partial charge in [0.05, 0.1) is 17.0 Å². The number of amides is 2. The third-order valence-electron chi connectivity index (χ3n) is 3.29. The van der Waals surface area contributed by atoms with Gasteiger partial charge in [-0.15, -0.1) is 0 Å². The largest absolute Gasteiger partial charge is 0.338 e. The molecular weight excluding hydrogens is 256 g/mol. The summed E-state index contributed by atoms with van der Waals surface area (Å²) in [4.78, 5) is 32.2. The van der Waals surface area contributed by atoms with Gasteiger partial charge in [0.2, 0.25) is 5.95 Å². The molecular formula is C14H20N4O2. The number of aryl methyl sites for hydroxylation is 1. The Kier molecular flexibility index (Phi) is 3.74. The highest BCUT2D eigenvalue weighted by atomic mass is 16.2. The molecule has 0 spiro atoms. The summed E-state index contributed by atoms with van der Waals surface area (Å²) >= 11 is 0. The van der Waals surface area contributed by atoms with Crippen molar-refractivity contribution in [2.45, 2.75) is 40.5 Å². The molecule has 2 amide bonds. The number of hydrogen-bond acceptors (Lipinski definition) is 4. The van der Waals surface area contributed by atoms with E-state index < -0.39 is 0 Å². The number of hydrogen-bond donors (Lipinski definition) is 2. The summed E-state index contributed by atoms with van der Waals surface area (Å²) in [6.07, 6.45) is 1.22. The average Bonchev–Trinajstić information content (AvgIpc) is 2.25. The van der Waals surface area contributed by atoms with Crippen LogP contribution in [0.5, 0.6) is 0 Å². The van der Waals surface area contributed by atoms with E-state index in [0.29, 0.717) is 30.6 Å². The van der Waals surface area contributed by atoms with Crippen LogP contribution in [0.2, 0.25) is 0 Å². The van der Waals surface area contributed by atoms with Crippen molar-refractivity contribution in [2.75, 3.05) is 11.9 Å². The van der Waals surface area contributed by atoms with Crippen LogP contribution >= 0.6 is 0 Å². The Hall–Kier alpha value is -1.98. The van der Waals surface area contributed by atoms with E-state index in [9.17, 15) is 9.59 Å². The number of rotatable bonds is 2. The number of fused-ring (bicyclic) bond motifs is 1.